The van der Waals surface area contributed by atoms with Gasteiger partial charge in [-0.1, -0.05) is 12.1 Å². The van der Waals surface area contributed by atoms with Crippen molar-refractivity contribution in [1.82, 2.24) is 0 Å². The number of methoxy groups -OCH3 is 1. The molecule has 0 aliphatic carbocycles. The maximum atomic E-state index is 13.4. The van der Waals surface area contributed by atoms with Gasteiger partial charge in [0.1, 0.15) is 18.2 Å². The van der Waals surface area contributed by atoms with Crippen LogP contribution >= 0.6 is 0 Å². The molecule has 0 radical (unpaired) electrons. The van der Waals surface area contributed by atoms with Crippen molar-refractivity contribution >= 4 is 5.78 Å². The second-order valence-electron chi connectivity index (χ2n) is 3.51. The summed E-state index contributed by atoms with van der Waals surface area (Å²) in [5.74, 6) is -0.373. The highest BCUT2D eigenvalue weighted by Crippen LogP contribution is 2.16. The molecule has 1 heterocycles. The molecule has 0 N–H and O–H groups in total. The lowest BCUT2D eigenvalue weighted by Crippen LogP contribution is -2.02. The van der Waals surface area contributed by atoms with Crippen LogP contribution in [0.5, 0.6) is 0 Å². The predicted molar refractivity (Wildman–Crippen MR) is 59.3 cm³/mol. The summed E-state index contributed by atoms with van der Waals surface area (Å²) in [4.78, 5) is 11.9. The Balaban J connectivity index is 2.28. The standard InChI is InChI=1S/C13H11FO3/c1-16-8-9-6-7-12(17-9)13(15)10-4-2-3-5-11(10)14/h2-7H,8H2,1H3. The zero-order chi connectivity index (χ0) is 12.3. The van der Waals surface area contributed by atoms with Gasteiger partial charge in [-0.3, -0.25) is 4.79 Å². The number of rotatable bonds is 4. The minimum absolute atomic E-state index is 0.00539. The lowest BCUT2D eigenvalue weighted by molar-refractivity contribution is 0.0996. The Bertz CT molecular complexity index is 531. The van der Waals surface area contributed by atoms with Gasteiger partial charge in [-0.15, -0.1) is 0 Å². The van der Waals surface area contributed by atoms with E-state index in [0.717, 1.165) is 0 Å². The molecule has 0 saturated carbocycles. The Labute approximate surface area is 97.8 Å². The van der Waals surface area contributed by atoms with E-state index < -0.39 is 11.6 Å². The Kier molecular flexibility index (Phi) is 3.35. The third-order valence-corrected chi connectivity index (χ3v) is 2.29. The molecule has 0 fully saturated rings. The van der Waals surface area contributed by atoms with E-state index in [1.54, 1.807) is 12.1 Å². The maximum Gasteiger partial charge on any atom is 0.231 e. The summed E-state index contributed by atoms with van der Waals surface area (Å²) in [6.07, 6.45) is 0. The zero-order valence-electron chi connectivity index (χ0n) is 9.27. The molecule has 0 aliphatic rings. The van der Waals surface area contributed by atoms with Crippen LogP contribution in [-0.4, -0.2) is 12.9 Å². The molecule has 4 heteroatoms. The third kappa shape index (κ3) is 2.42. The van der Waals surface area contributed by atoms with E-state index in [1.165, 1.54) is 31.4 Å². The molecule has 0 bridgehead atoms. The van der Waals surface area contributed by atoms with Gasteiger partial charge in [0.05, 0.1) is 5.56 Å². The van der Waals surface area contributed by atoms with Gasteiger partial charge >= 0.3 is 0 Å². The van der Waals surface area contributed by atoms with Gasteiger partial charge in [0.15, 0.2) is 5.76 Å². The molecule has 0 unspecified atom stereocenters. The van der Waals surface area contributed by atoms with Crippen molar-refractivity contribution in [1.29, 1.82) is 0 Å². The first kappa shape index (κ1) is 11.5. The largest absolute Gasteiger partial charge is 0.455 e. The SMILES string of the molecule is COCc1ccc(C(=O)c2ccccc2F)o1. The van der Waals surface area contributed by atoms with Crippen LogP contribution in [0.4, 0.5) is 4.39 Å². The van der Waals surface area contributed by atoms with E-state index >= 15 is 0 Å². The molecule has 0 aliphatic heterocycles. The number of carbonyl (C=O) groups is 1. The molecule has 2 aromatic rings. The highest BCUT2D eigenvalue weighted by Gasteiger charge is 2.16. The van der Waals surface area contributed by atoms with Gasteiger partial charge in [0.2, 0.25) is 5.78 Å². The molecule has 2 rings (SSSR count). The lowest BCUT2D eigenvalue weighted by Gasteiger charge is -1.99. The molecule has 0 atom stereocenters. The van der Waals surface area contributed by atoms with Crippen molar-refractivity contribution in [3.63, 3.8) is 0 Å². The Hall–Kier alpha value is -1.94. The minimum atomic E-state index is -0.554. The van der Waals surface area contributed by atoms with E-state index in [-0.39, 0.29) is 17.9 Å². The number of carbonyl (C=O) groups excluding carboxylic acids is 1. The summed E-state index contributed by atoms with van der Waals surface area (Å²) in [5, 5.41) is 0. The normalized spacial score (nSPS) is 10.5. The number of furan rings is 1. The Morgan fingerprint density at radius 3 is 2.76 bits per heavy atom. The van der Waals surface area contributed by atoms with Crippen molar-refractivity contribution in [3.05, 3.63) is 59.3 Å². The van der Waals surface area contributed by atoms with Crippen LogP contribution < -0.4 is 0 Å². The van der Waals surface area contributed by atoms with Gasteiger partial charge < -0.3 is 9.15 Å². The van der Waals surface area contributed by atoms with E-state index in [4.69, 9.17) is 9.15 Å². The van der Waals surface area contributed by atoms with Crippen molar-refractivity contribution in [2.24, 2.45) is 0 Å². The number of ether oxygens (including phenoxy) is 1. The molecule has 1 aromatic heterocycles. The fraction of sp³-hybridized carbons (Fsp3) is 0.154. The van der Waals surface area contributed by atoms with Gasteiger partial charge in [-0.05, 0) is 24.3 Å². The molecule has 3 nitrogen and oxygen atoms in total. The number of ketones is 1. The van der Waals surface area contributed by atoms with E-state index in [9.17, 15) is 9.18 Å². The van der Waals surface area contributed by atoms with Crippen LogP contribution in [0.2, 0.25) is 0 Å². The number of hydrogen-bond donors (Lipinski definition) is 0. The van der Waals surface area contributed by atoms with Gasteiger partial charge in [0.25, 0.3) is 0 Å². The average molecular weight is 234 g/mol. The Morgan fingerprint density at radius 2 is 2.06 bits per heavy atom. The summed E-state index contributed by atoms with van der Waals surface area (Å²) < 4.78 is 23.5. The quantitative estimate of drug-likeness (QED) is 0.763. The summed E-state index contributed by atoms with van der Waals surface area (Å²) in [6.45, 7) is 0.282. The topological polar surface area (TPSA) is 39.4 Å². The molecule has 88 valence electrons. The van der Waals surface area contributed by atoms with Crippen LogP contribution in [0, 0.1) is 5.82 Å². The molecule has 0 spiro atoms. The number of hydrogen-bond acceptors (Lipinski definition) is 3. The predicted octanol–water partition coefficient (Wildman–Crippen LogP) is 2.80. The maximum absolute atomic E-state index is 13.4. The average Bonchev–Trinajstić information content (AvgIpc) is 2.78. The highest BCUT2D eigenvalue weighted by molar-refractivity contribution is 6.07. The summed E-state index contributed by atoms with van der Waals surface area (Å²) in [6, 6.07) is 8.96. The van der Waals surface area contributed by atoms with Crippen LogP contribution in [0.25, 0.3) is 0 Å². The molecular formula is C13H11FO3. The first-order chi connectivity index (χ1) is 8.22. The summed E-state index contributed by atoms with van der Waals surface area (Å²) >= 11 is 0. The fourth-order valence-corrected chi connectivity index (χ4v) is 1.50. The van der Waals surface area contributed by atoms with Crippen molar-refractivity contribution in [3.8, 4) is 0 Å². The van der Waals surface area contributed by atoms with Crippen LogP contribution in [0.1, 0.15) is 21.9 Å². The Morgan fingerprint density at radius 1 is 1.29 bits per heavy atom. The smallest absolute Gasteiger partial charge is 0.231 e. The second kappa shape index (κ2) is 4.93. The molecule has 17 heavy (non-hydrogen) atoms. The summed E-state index contributed by atoms with van der Waals surface area (Å²) in [5.41, 5.74) is 0.00539. The second-order valence-corrected chi connectivity index (χ2v) is 3.51. The van der Waals surface area contributed by atoms with Gasteiger partial charge in [-0.2, -0.15) is 0 Å². The van der Waals surface area contributed by atoms with Crippen molar-refractivity contribution < 1.29 is 18.3 Å². The monoisotopic (exact) mass is 234 g/mol. The van der Waals surface area contributed by atoms with Crippen LogP contribution in [0.3, 0.4) is 0 Å². The molecule has 0 amide bonds. The molecule has 1 aromatic carbocycles. The van der Waals surface area contributed by atoms with Gasteiger partial charge in [-0.25, -0.2) is 4.39 Å². The number of halogens is 1. The highest BCUT2D eigenvalue weighted by atomic mass is 19.1. The summed E-state index contributed by atoms with van der Waals surface area (Å²) in [7, 11) is 1.53. The van der Waals surface area contributed by atoms with E-state index in [0.29, 0.717) is 5.76 Å². The fourth-order valence-electron chi connectivity index (χ4n) is 1.50. The first-order valence-corrected chi connectivity index (χ1v) is 5.09. The molecule has 0 saturated heterocycles. The lowest BCUT2D eigenvalue weighted by atomic mass is 10.1. The third-order valence-electron chi connectivity index (χ3n) is 2.29. The van der Waals surface area contributed by atoms with E-state index in [1.807, 2.05) is 0 Å². The molecular weight excluding hydrogens is 223 g/mol. The van der Waals surface area contributed by atoms with E-state index in [2.05, 4.69) is 0 Å². The van der Waals surface area contributed by atoms with Crippen LogP contribution in [0.15, 0.2) is 40.8 Å². The van der Waals surface area contributed by atoms with Crippen molar-refractivity contribution in [2.75, 3.05) is 7.11 Å². The first-order valence-electron chi connectivity index (χ1n) is 5.09. The van der Waals surface area contributed by atoms with Gasteiger partial charge in [0, 0.05) is 7.11 Å². The van der Waals surface area contributed by atoms with Crippen LogP contribution in [-0.2, 0) is 11.3 Å². The minimum Gasteiger partial charge on any atom is -0.455 e. The zero-order valence-corrected chi connectivity index (χ0v) is 9.27. The number of benzene rings is 1. The van der Waals surface area contributed by atoms with Crippen molar-refractivity contribution in [2.45, 2.75) is 6.61 Å².